The minimum absolute atomic E-state index is 0.125. The maximum absolute atomic E-state index is 11.2. The lowest BCUT2D eigenvalue weighted by molar-refractivity contribution is -0.115. The third kappa shape index (κ3) is 2.76. The van der Waals surface area contributed by atoms with Gasteiger partial charge < -0.3 is 15.8 Å². The molecule has 15 heavy (non-hydrogen) atoms. The summed E-state index contributed by atoms with van der Waals surface area (Å²) in [6, 6.07) is 3.17. The van der Waals surface area contributed by atoms with Crippen LogP contribution in [0, 0.1) is 0 Å². The first kappa shape index (κ1) is 11.7. The van der Waals surface area contributed by atoms with Gasteiger partial charge in [-0.15, -0.1) is 0 Å². The number of hydrogen-bond donors (Lipinski definition) is 2. The zero-order valence-corrected chi connectivity index (χ0v) is 9.39. The number of halogens is 1. The fraction of sp³-hybridized carbons (Fsp3) is 0.300. The van der Waals surface area contributed by atoms with Gasteiger partial charge in [-0.3, -0.25) is 4.79 Å². The second-order valence-electron chi connectivity index (χ2n) is 2.98. The van der Waals surface area contributed by atoms with E-state index in [2.05, 4.69) is 5.32 Å². The summed E-state index contributed by atoms with van der Waals surface area (Å²) >= 11 is 5.94. The molecule has 5 heteroatoms. The Labute approximate surface area is 93.4 Å². The summed E-state index contributed by atoms with van der Waals surface area (Å²) in [5.74, 6) is 0.335. The summed E-state index contributed by atoms with van der Waals surface area (Å²) in [5, 5.41) is 3.02. The van der Waals surface area contributed by atoms with E-state index in [0.29, 0.717) is 28.6 Å². The van der Waals surface area contributed by atoms with E-state index in [1.54, 1.807) is 19.1 Å². The number of nitrogen functional groups attached to an aromatic ring is 1. The smallest absolute Gasteiger partial charge is 0.224 e. The normalized spacial score (nSPS) is 9.80. The summed E-state index contributed by atoms with van der Waals surface area (Å²) in [4.78, 5) is 11.2. The van der Waals surface area contributed by atoms with Gasteiger partial charge in [0.25, 0.3) is 0 Å². The van der Waals surface area contributed by atoms with E-state index in [1.165, 1.54) is 7.11 Å². The lowest BCUT2D eigenvalue weighted by atomic mass is 10.2. The molecule has 0 aromatic heterocycles. The first-order valence-corrected chi connectivity index (χ1v) is 4.89. The second kappa shape index (κ2) is 4.89. The molecule has 0 spiro atoms. The van der Waals surface area contributed by atoms with Crippen molar-refractivity contribution in [3.63, 3.8) is 0 Å². The highest BCUT2D eigenvalue weighted by Gasteiger charge is 2.11. The largest absolute Gasteiger partial charge is 0.494 e. The van der Waals surface area contributed by atoms with Crippen LogP contribution in [0.5, 0.6) is 5.75 Å². The van der Waals surface area contributed by atoms with Gasteiger partial charge in [0.15, 0.2) is 0 Å². The van der Waals surface area contributed by atoms with E-state index in [-0.39, 0.29) is 5.91 Å². The molecule has 0 unspecified atom stereocenters. The Balaban J connectivity index is 3.09. The summed E-state index contributed by atoms with van der Waals surface area (Å²) < 4.78 is 5.07. The molecule has 0 radical (unpaired) electrons. The van der Waals surface area contributed by atoms with Crippen LogP contribution in [0.25, 0.3) is 0 Å². The molecule has 0 fully saturated rings. The highest BCUT2D eigenvalue weighted by molar-refractivity contribution is 6.34. The first-order chi connectivity index (χ1) is 7.08. The van der Waals surface area contributed by atoms with Gasteiger partial charge in [-0.1, -0.05) is 18.5 Å². The molecule has 0 saturated carbocycles. The number of anilines is 2. The quantitative estimate of drug-likeness (QED) is 0.781. The van der Waals surface area contributed by atoms with E-state index in [1.807, 2.05) is 0 Å². The monoisotopic (exact) mass is 228 g/mol. The molecule has 1 aromatic rings. The Hall–Kier alpha value is -1.42. The lowest BCUT2D eigenvalue weighted by Crippen LogP contribution is -2.11. The van der Waals surface area contributed by atoms with Gasteiger partial charge in [-0.25, -0.2) is 0 Å². The second-order valence-corrected chi connectivity index (χ2v) is 3.39. The third-order valence-corrected chi connectivity index (χ3v) is 2.18. The fourth-order valence-corrected chi connectivity index (χ4v) is 1.38. The first-order valence-electron chi connectivity index (χ1n) is 4.51. The Kier molecular flexibility index (Phi) is 3.80. The van der Waals surface area contributed by atoms with Crippen molar-refractivity contribution in [2.75, 3.05) is 18.2 Å². The van der Waals surface area contributed by atoms with Crippen molar-refractivity contribution in [2.45, 2.75) is 13.3 Å². The van der Waals surface area contributed by atoms with Gasteiger partial charge >= 0.3 is 0 Å². The van der Waals surface area contributed by atoms with Crippen molar-refractivity contribution in [1.82, 2.24) is 0 Å². The minimum Gasteiger partial charge on any atom is -0.494 e. The Bertz CT molecular complexity index is 380. The molecule has 1 rings (SSSR count). The number of rotatable bonds is 3. The van der Waals surface area contributed by atoms with Crippen molar-refractivity contribution in [3.05, 3.63) is 17.2 Å². The topological polar surface area (TPSA) is 64.4 Å². The van der Waals surface area contributed by atoms with Crippen LogP contribution in [0.2, 0.25) is 5.02 Å². The van der Waals surface area contributed by atoms with Crippen LogP contribution < -0.4 is 15.8 Å². The predicted octanol–water partition coefficient (Wildman–Crippen LogP) is 2.28. The predicted molar refractivity (Wildman–Crippen MR) is 61.3 cm³/mol. The number of hydrogen-bond acceptors (Lipinski definition) is 3. The molecule has 4 nitrogen and oxygen atoms in total. The lowest BCUT2D eigenvalue weighted by Gasteiger charge is -2.12. The number of benzene rings is 1. The molecule has 1 aromatic carbocycles. The standard InChI is InChI=1S/C10H13ClN2O2/c1-3-9(14)13-10-7(11)4-6(12)5-8(10)15-2/h4-5H,3,12H2,1-2H3,(H,13,14). The van der Waals surface area contributed by atoms with Crippen LogP contribution in [0.3, 0.4) is 0 Å². The van der Waals surface area contributed by atoms with Gasteiger partial charge in [0.05, 0.1) is 12.1 Å². The average Bonchev–Trinajstić information content (AvgIpc) is 2.21. The zero-order valence-electron chi connectivity index (χ0n) is 8.63. The van der Waals surface area contributed by atoms with Crippen LogP contribution in [0.15, 0.2) is 12.1 Å². The average molecular weight is 229 g/mol. The SMILES string of the molecule is CCC(=O)Nc1c(Cl)cc(N)cc1OC. The highest BCUT2D eigenvalue weighted by atomic mass is 35.5. The molecule has 1 amide bonds. The number of nitrogens with two attached hydrogens (primary N) is 1. The molecule has 0 heterocycles. The molecular formula is C10H13ClN2O2. The number of nitrogens with one attached hydrogen (secondary N) is 1. The summed E-state index contributed by atoms with van der Waals surface area (Å²) in [6.45, 7) is 1.76. The number of methoxy groups -OCH3 is 1. The maximum Gasteiger partial charge on any atom is 0.224 e. The van der Waals surface area contributed by atoms with Crippen molar-refractivity contribution in [1.29, 1.82) is 0 Å². The van der Waals surface area contributed by atoms with Crippen molar-refractivity contribution in [2.24, 2.45) is 0 Å². The van der Waals surface area contributed by atoms with Crippen LogP contribution in [0.1, 0.15) is 13.3 Å². The molecule has 0 saturated heterocycles. The molecule has 3 N–H and O–H groups in total. The van der Waals surface area contributed by atoms with E-state index in [9.17, 15) is 4.79 Å². The van der Waals surface area contributed by atoms with E-state index in [0.717, 1.165) is 0 Å². The molecule has 0 bridgehead atoms. The summed E-state index contributed by atoms with van der Waals surface area (Å²) in [5.41, 5.74) is 6.54. The van der Waals surface area contributed by atoms with Gasteiger partial charge in [0.2, 0.25) is 5.91 Å². The van der Waals surface area contributed by atoms with Gasteiger partial charge in [0, 0.05) is 18.2 Å². The van der Waals surface area contributed by atoms with Crippen LogP contribution >= 0.6 is 11.6 Å². The fourth-order valence-electron chi connectivity index (χ4n) is 1.11. The van der Waals surface area contributed by atoms with Crippen molar-refractivity contribution < 1.29 is 9.53 Å². The van der Waals surface area contributed by atoms with Gasteiger partial charge in [-0.05, 0) is 6.07 Å². The minimum atomic E-state index is -0.125. The third-order valence-electron chi connectivity index (χ3n) is 1.88. The zero-order chi connectivity index (χ0) is 11.4. The Morgan fingerprint density at radius 2 is 2.27 bits per heavy atom. The number of amides is 1. The molecule has 0 aliphatic heterocycles. The molecule has 0 atom stereocenters. The van der Waals surface area contributed by atoms with Crippen molar-refractivity contribution >= 4 is 28.9 Å². The highest BCUT2D eigenvalue weighted by Crippen LogP contribution is 2.34. The summed E-state index contributed by atoms with van der Waals surface area (Å²) in [7, 11) is 1.49. The molecule has 82 valence electrons. The molecular weight excluding hydrogens is 216 g/mol. The summed E-state index contributed by atoms with van der Waals surface area (Å²) in [6.07, 6.45) is 0.379. The number of carbonyl (C=O) groups excluding carboxylic acids is 1. The van der Waals surface area contributed by atoms with Crippen LogP contribution in [0.4, 0.5) is 11.4 Å². The van der Waals surface area contributed by atoms with Crippen molar-refractivity contribution in [3.8, 4) is 5.75 Å². The molecule has 0 aliphatic rings. The maximum atomic E-state index is 11.2. The van der Waals surface area contributed by atoms with Crippen LogP contribution in [-0.2, 0) is 4.79 Å². The van der Waals surface area contributed by atoms with E-state index >= 15 is 0 Å². The van der Waals surface area contributed by atoms with Gasteiger partial charge in [-0.2, -0.15) is 0 Å². The van der Waals surface area contributed by atoms with E-state index < -0.39 is 0 Å². The Morgan fingerprint density at radius 3 is 2.80 bits per heavy atom. The molecule has 0 aliphatic carbocycles. The Morgan fingerprint density at radius 1 is 1.60 bits per heavy atom. The number of ether oxygens (including phenoxy) is 1. The van der Waals surface area contributed by atoms with Gasteiger partial charge in [0.1, 0.15) is 11.4 Å². The number of carbonyl (C=O) groups is 1. The van der Waals surface area contributed by atoms with Crippen LogP contribution in [-0.4, -0.2) is 13.0 Å². The van der Waals surface area contributed by atoms with E-state index in [4.69, 9.17) is 22.1 Å².